The molecule has 0 saturated carbocycles. The van der Waals surface area contributed by atoms with Crippen LogP contribution in [0.1, 0.15) is 28.9 Å². The molecule has 148 valence electrons. The normalized spacial score (nSPS) is 24.0. The van der Waals surface area contributed by atoms with E-state index in [4.69, 9.17) is 0 Å². The SMILES string of the molecule is Cc1c(C(=O)N2CC(N3C(=O)[C@H]4CC=CC[C@@H]4C3=O)C2)cnn1-c1ccccc1. The third-order valence-electron chi connectivity index (χ3n) is 6.30. The van der Waals surface area contributed by atoms with Crippen LogP contribution in [-0.4, -0.2) is 56.4 Å². The van der Waals surface area contributed by atoms with Crippen molar-refractivity contribution in [2.75, 3.05) is 13.1 Å². The molecule has 29 heavy (non-hydrogen) atoms. The minimum Gasteiger partial charge on any atom is -0.334 e. The molecule has 0 unspecified atom stereocenters. The molecule has 2 atom stereocenters. The van der Waals surface area contributed by atoms with Crippen LogP contribution in [0.4, 0.5) is 0 Å². The van der Waals surface area contributed by atoms with Crippen molar-refractivity contribution < 1.29 is 14.4 Å². The summed E-state index contributed by atoms with van der Waals surface area (Å²) in [6.07, 6.45) is 6.83. The topological polar surface area (TPSA) is 75.5 Å². The summed E-state index contributed by atoms with van der Waals surface area (Å²) in [6, 6.07) is 9.44. The molecule has 2 saturated heterocycles. The number of carbonyl (C=O) groups excluding carboxylic acids is 3. The number of imide groups is 1. The molecule has 7 nitrogen and oxygen atoms in total. The average molecular weight is 390 g/mol. The fourth-order valence-electron chi connectivity index (χ4n) is 4.59. The zero-order chi connectivity index (χ0) is 20.1. The number of carbonyl (C=O) groups is 3. The molecule has 0 radical (unpaired) electrons. The maximum absolute atomic E-state index is 12.9. The Hall–Kier alpha value is -3.22. The predicted molar refractivity (Wildman–Crippen MR) is 105 cm³/mol. The minimum atomic E-state index is -0.219. The fraction of sp³-hybridized carbons (Fsp3) is 0.364. The molecule has 1 aromatic heterocycles. The van der Waals surface area contributed by atoms with Gasteiger partial charge in [0.15, 0.2) is 0 Å². The fourth-order valence-corrected chi connectivity index (χ4v) is 4.59. The van der Waals surface area contributed by atoms with E-state index in [2.05, 4.69) is 5.10 Å². The van der Waals surface area contributed by atoms with Crippen molar-refractivity contribution in [3.05, 3.63) is 59.9 Å². The largest absolute Gasteiger partial charge is 0.334 e. The molecule has 1 aromatic carbocycles. The molecular formula is C22H22N4O3. The van der Waals surface area contributed by atoms with Gasteiger partial charge in [0.1, 0.15) is 0 Å². The monoisotopic (exact) mass is 390 g/mol. The van der Waals surface area contributed by atoms with Crippen LogP contribution in [0.3, 0.4) is 0 Å². The Morgan fingerprint density at radius 3 is 2.24 bits per heavy atom. The molecule has 0 spiro atoms. The maximum atomic E-state index is 12.9. The lowest BCUT2D eigenvalue weighted by Crippen LogP contribution is -2.62. The first-order chi connectivity index (χ1) is 14.1. The summed E-state index contributed by atoms with van der Waals surface area (Å²) in [5.74, 6) is -0.699. The van der Waals surface area contributed by atoms with Crippen molar-refractivity contribution in [1.29, 1.82) is 0 Å². The standard InChI is InChI=1S/C22H22N4O3/c1-14-19(11-23-26(14)15-7-3-2-4-8-15)20(27)24-12-16(13-24)25-21(28)17-9-5-6-10-18(17)22(25)29/h2-8,11,16-18H,9-10,12-13H2,1H3/t17-,18-/m0/s1. The number of hydrogen-bond donors (Lipinski definition) is 0. The molecular weight excluding hydrogens is 368 g/mol. The van der Waals surface area contributed by atoms with Crippen LogP contribution in [0.2, 0.25) is 0 Å². The second-order valence-corrected chi connectivity index (χ2v) is 7.96. The maximum Gasteiger partial charge on any atom is 0.257 e. The Kier molecular flexibility index (Phi) is 4.12. The van der Waals surface area contributed by atoms with Crippen molar-refractivity contribution in [1.82, 2.24) is 19.6 Å². The van der Waals surface area contributed by atoms with Gasteiger partial charge in [-0.05, 0) is 31.9 Å². The Labute approximate surface area is 168 Å². The van der Waals surface area contributed by atoms with E-state index < -0.39 is 0 Å². The van der Waals surface area contributed by atoms with Gasteiger partial charge in [0.2, 0.25) is 11.8 Å². The van der Waals surface area contributed by atoms with Crippen LogP contribution in [0.5, 0.6) is 0 Å². The second-order valence-electron chi connectivity index (χ2n) is 7.96. The van der Waals surface area contributed by atoms with Gasteiger partial charge in [-0.2, -0.15) is 5.10 Å². The van der Waals surface area contributed by atoms with E-state index >= 15 is 0 Å². The van der Waals surface area contributed by atoms with Crippen LogP contribution in [0.15, 0.2) is 48.7 Å². The van der Waals surface area contributed by atoms with Gasteiger partial charge >= 0.3 is 0 Å². The van der Waals surface area contributed by atoms with E-state index in [0.717, 1.165) is 11.4 Å². The predicted octanol–water partition coefficient (Wildman–Crippen LogP) is 1.96. The highest BCUT2D eigenvalue weighted by molar-refractivity contribution is 6.06. The zero-order valence-electron chi connectivity index (χ0n) is 16.2. The lowest BCUT2D eigenvalue weighted by molar-refractivity contribution is -0.145. The molecule has 3 heterocycles. The first kappa shape index (κ1) is 17.8. The van der Waals surface area contributed by atoms with Gasteiger partial charge in [-0.1, -0.05) is 30.4 Å². The molecule has 3 amide bonds. The third kappa shape index (κ3) is 2.72. The molecule has 5 rings (SSSR count). The molecule has 3 aliphatic rings. The summed E-state index contributed by atoms with van der Waals surface area (Å²) >= 11 is 0. The van der Waals surface area contributed by atoms with E-state index in [1.165, 1.54) is 4.90 Å². The quantitative estimate of drug-likeness (QED) is 0.593. The molecule has 2 fully saturated rings. The van der Waals surface area contributed by atoms with Gasteiger partial charge in [-0.25, -0.2) is 4.68 Å². The number of aromatic nitrogens is 2. The number of amides is 3. The van der Waals surface area contributed by atoms with E-state index in [1.54, 1.807) is 15.8 Å². The Balaban J connectivity index is 1.28. The van der Waals surface area contributed by atoms with Gasteiger partial charge in [0, 0.05) is 13.1 Å². The highest BCUT2D eigenvalue weighted by Crippen LogP contribution is 2.37. The Morgan fingerprint density at radius 2 is 1.62 bits per heavy atom. The van der Waals surface area contributed by atoms with Gasteiger partial charge < -0.3 is 4.90 Å². The van der Waals surface area contributed by atoms with E-state index in [1.807, 2.05) is 49.4 Å². The molecule has 2 aromatic rings. The first-order valence-electron chi connectivity index (χ1n) is 9.97. The van der Waals surface area contributed by atoms with Crippen LogP contribution in [0, 0.1) is 18.8 Å². The summed E-state index contributed by atoms with van der Waals surface area (Å²) in [5.41, 5.74) is 2.22. The van der Waals surface area contributed by atoms with Crippen molar-refractivity contribution in [3.8, 4) is 5.69 Å². The van der Waals surface area contributed by atoms with Crippen molar-refractivity contribution in [2.24, 2.45) is 11.8 Å². The molecule has 1 aliphatic carbocycles. The molecule has 7 heteroatoms. The zero-order valence-corrected chi connectivity index (χ0v) is 16.2. The third-order valence-corrected chi connectivity index (χ3v) is 6.30. The summed E-state index contributed by atoms with van der Waals surface area (Å²) in [4.78, 5) is 41.4. The number of nitrogens with zero attached hydrogens (tertiary/aromatic N) is 4. The minimum absolute atomic E-state index is 0.0745. The number of benzene rings is 1. The van der Waals surface area contributed by atoms with Crippen LogP contribution >= 0.6 is 0 Å². The van der Waals surface area contributed by atoms with Crippen LogP contribution in [0.25, 0.3) is 5.69 Å². The summed E-state index contributed by atoms with van der Waals surface area (Å²) in [6.45, 7) is 2.65. The number of rotatable bonds is 3. The number of likely N-dealkylation sites (tertiary alicyclic amines) is 2. The summed E-state index contributed by atoms with van der Waals surface area (Å²) < 4.78 is 1.75. The number of hydrogen-bond acceptors (Lipinski definition) is 4. The highest BCUT2D eigenvalue weighted by Gasteiger charge is 2.52. The van der Waals surface area contributed by atoms with Crippen molar-refractivity contribution >= 4 is 17.7 Å². The van der Waals surface area contributed by atoms with Gasteiger partial charge in [0.25, 0.3) is 5.91 Å². The Bertz CT molecular complexity index is 994. The smallest absolute Gasteiger partial charge is 0.257 e. The summed E-state index contributed by atoms with van der Waals surface area (Å²) in [7, 11) is 0. The number of allylic oxidation sites excluding steroid dienone is 2. The summed E-state index contributed by atoms with van der Waals surface area (Å²) in [5, 5.41) is 4.36. The van der Waals surface area contributed by atoms with Crippen LogP contribution < -0.4 is 0 Å². The Morgan fingerprint density at radius 1 is 1.00 bits per heavy atom. The van der Waals surface area contributed by atoms with Crippen molar-refractivity contribution in [3.63, 3.8) is 0 Å². The van der Waals surface area contributed by atoms with Gasteiger partial charge in [-0.15, -0.1) is 0 Å². The number of para-hydroxylation sites is 1. The van der Waals surface area contributed by atoms with Crippen LogP contribution in [-0.2, 0) is 9.59 Å². The van der Waals surface area contributed by atoms with E-state index in [0.29, 0.717) is 31.5 Å². The lowest BCUT2D eigenvalue weighted by Gasteiger charge is -2.43. The van der Waals surface area contributed by atoms with E-state index in [-0.39, 0.29) is 35.6 Å². The lowest BCUT2D eigenvalue weighted by atomic mass is 9.85. The molecule has 0 N–H and O–H groups in total. The molecule has 2 aliphatic heterocycles. The van der Waals surface area contributed by atoms with Crippen molar-refractivity contribution in [2.45, 2.75) is 25.8 Å². The highest BCUT2D eigenvalue weighted by atomic mass is 16.2. The number of fused-ring (bicyclic) bond motifs is 1. The first-order valence-corrected chi connectivity index (χ1v) is 9.97. The van der Waals surface area contributed by atoms with Gasteiger partial charge in [-0.3, -0.25) is 19.3 Å². The van der Waals surface area contributed by atoms with E-state index in [9.17, 15) is 14.4 Å². The average Bonchev–Trinajstić information content (AvgIpc) is 3.21. The van der Waals surface area contributed by atoms with Gasteiger partial charge in [0.05, 0.1) is 41.0 Å². The second kappa shape index (κ2) is 6.69. The molecule has 0 bridgehead atoms.